The van der Waals surface area contributed by atoms with Gasteiger partial charge in [-0.2, -0.15) is 0 Å². The number of carbonyl (C=O) groups excluding carboxylic acids is 2. The van der Waals surface area contributed by atoms with Gasteiger partial charge in [0.1, 0.15) is 5.01 Å². The lowest BCUT2D eigenvalue weighted by Crippen LogP contribution is -2.60. The summed E-state index contributed by atoms with van der Waals surface area (Å²) in [5.74, 6) is -0.114. The first-order valence-electron chi connectivity index (χ1n) is 10.2. The van der Waals surface area contributed by atoms with Gasteiger partial charge in [-0.3, -0.25) is 19.4 Å². The SMILES string of the molecule is Nc1nnc(CC(=O)N2CC[C@H](O)[C@@]3(CCCN(C(=O)c4ccncc4)C3)C2)s1.O=CO. The summed E-state index contributed by atoms with van der Waals surface area (Å²) in [5, 5.41) is 26.3. The number of aliphatic hydroxyl groups is 1. The zero-order chi connectivity index (χ0) is 23.1. The fourth-order valence-electron chi connectivity index (χ4n) is 4.35. The third-order valence-corrected chi connectivity index (χ3v) is 6.60. The average molecular weight is 463 g/mol. The third kappa shape index (κ3) is 5.37. The molecule has 4 N–H and O–H groups in total. The van der Waals surface area contributed by atoms with E-state index in [2.05, 4.69) is 15.2 Å². The van der Waals surface area contributed by atoms with Crippen molar-refractivity contribution in [3.05, 3.63) is 35.1 Å². The Labute approximate surface area is 188 Å². The zero-order valence-corrected chi connectivity index (χ0v) is 18.3. The maximum atomic E-state index is 12.9. The van der Waals surface area contributed by atoms with Crippen molar-refractivity contribution in [3.63, 3.8) is 0 Å². The van der Waals surface area contributed by atoms with Crippen LogP contribution in [0, 0.1) is 5.41 Å². The standard InChI is InChI=1S/C19H24N6O3S.CH2O2/c20-18-23-22-15(29-18)10-16(27)24-9-4-14(26)19(11-24)5-1-8-25(12-19)17(28)13-2-6-21-7-3-13;2-1-3/h2-3,6-7,14,26H,1,4-5,8-12H2,(H2,20,23);1H,(H,2,3)/t14-,19-;/m0./s1. The fraction of sp³-hybridized carbons (Fsp3) is 0.500. The van der Waals surface area contributed by atoms with E-state index in [4.69, 9.17) is 15.6 Å². The van der Waals surface area contributed by atoms with Crippen LogP contribution in [0.3, 0.4) is 0 Å². The molecule has 4 rings (SSSR count). The molecule has 2 saturated heterocycles. The van der Waals surface area contributed by atoms with Gasteiger partial charge >= 0.3 is 0 Å². The molecular weight excluding hydrogens is 436 g/mol. The second kappa shape index (κ2) is 10.5. The van der Waals surface area contributed by atoms with Crippen molar-refractivity contribution < 1.29 is 24.6 Å². The van der Waals surface area contributed by atoms with Crippen molar-refractivity contribution in [2.45, 2.75) is 31.8 Å². The maximum Gasteiger partial charge on any atom is 0.290 e. The minimum absolute atomic E-state index is 0.0509. The highest BCUT2D eigenvalue weighted by atomic mass is 32.1. The predicted octanol–water partition coefficient (Wildman–Crippen LogP) is 0.274. The van der Waals surface area contributed by atoms with Crippen LogP contribution < -0.4 is 5.73 Å². The van der Waals surface area contributed by atoms with E-state index in [0.29, 0.717) is 48.3 Å². The van der Waals surface area contributed by atoms with Gasteiger partial charge in [-0.15, -0.1) is 10.2 Å². The number of hydrogen-bond acceptors (Lipinski definition) is 9. The lowest BCUT2D eigenvalue weighted by atomic mass is 9.71. The Morgan fingerprint density at radius 3 is 2.56 bits per heavy atom. The van der Waals surface area contributed by atoms with Crippen LogP contribution in [-0.4, -0.2) is 85.8 Å². The van der Waals surface area contributed by atoms with Crippen LogP contribution in [0.15, 0.2) is 24.5 Å². The Kier molecular flexibility index (Phi) is 7.70. The molecule has 1 spiro atoms. The number of likely N-dealkylation sites (tertiary alicyclic amines) is 2. The van der Waals surface area contributed by atoms with Crippen molar-refractivity contribution in [1.29, 1.82) is 0 Å². The lowest BCUT2D eigenvalue weighted by molar-refractivity contribution is -0.141. The number of carboxylic acid groups (broad SMARTS) is 1. The molecule has 0 aromatic carbocycles. The van der Waals surface area contributed by atoms with Crippen LogP contribution in [-0.2, 0) is 16.0 Å². The van der Waals surface area contributed by atoms with E-state index in [1.807, 2.05) is 0 Å². The van der Waals surface area contributed by atoms with Gasteiger partial charge in [-0.25, -0.2) is 0 Å². The van der Waals surface area contributed by atoms with E-state index in [1.54, 1.807) is 34.3 Å². The summed E-state index contributed by atoms with van der Waals surface area (Å²) >= 11 is 1.21. The smallest absolute Gasteiger partial charge is 0.290 e. The van der Waals surface area contributed by atoms with E-state index in [-0.39, 0.29) is 24.7 Å². The molecule has 2 aromatic rings. The Morgan fingerprint density at radius 1 is 1.22 bits per heavy atom. The minimum atomic E-state index is -0.545. The summed E-state index contributed by atoms with van der Waals surface area (Å²) in [4.78, 5) is 41.6. The van der Waals surface area contributed by atoms with Gasteiger partial charge in [0, 0.05) is 49.6 Å². The molecule has 4 heterocycles. The monoisotopic (exact) mass is 462 g/mol. The highest BCUT2D eigenvalue weighted by Gasteiger charge is 2.47. The number of hydrogen-bond donors (Lipinski definition) is 3. The van der Waals surface area contributed by atoms with E-state index >= 15 is 0 Å². The van der Waals surface area contributed by atoms with Gasteiger partial charge in [0.2, 0.25) is 11.0 Å². The molecule has 2 aliphatic rings. The summed E-state index contributed by atoms with van der Waals surface area (Å²) in [5.41, 5.74) is 5.68. The van der Waals surface area contributed by atoms with Crippen LogP contribution >= 0.6 is 11.3 Å². The van der Waals surface area contributed by atoms with Gasteiger partial charge < -0.3 is 25.7 Å². The number of rotatable bonds is 3. The number of pyridine rings is 1. The first kappa shape index (κ1) is 23.5. The summed E-state index contributed by atoms with van der Waals surface area (Å²) in [7, 11) is 0. The maximum absolute atomic E-state index is 12.9. The number of nitrogens with zero attached hydrogens (tertiary/aromatic N) is 5. The molecule has 0 saturated carbocycles. The van der Waals surface area contributed by atoms with Crippen molar-refractivity contribution in [2.75, 3.05) is 31.9 Å². The number of aromatic nitrogens is 3. The number of aliphatic hydroxyl groups excluding tert-OH is 1. The Morgan fingerprint density at radius 2 is 1.91 bits per heavy atom. The number of anilines is 1. The molecule has 2 aliphatic heterocycles. The van der Waals surface area contributed by atoms with Crippen molar-refractivity contribution in [1.82, 2.24) is 25.0 Å². The van der Waals surface area contributed by atoms with Gasteiger partial charge in [0.15, 0.2) is 0 Å². The molecule has 2 amide bonds. The van der Waals surface area contributed by atoms with Crippen LogP contribution in [0.4, 0.5) is 5.13 Å². The lowest BCUT2D eigenvalue weighted by Gasteiger charge is -2.51. The van der Waals surface area contributed by atoms with E-state index in [9.17, 15) is 14.7 Å². The molecule has 0 radical (unpaired) electrons. The minimum Gasteiger partial charge on any atom is -0.483 e. The predicted molar refractivity (Wildman–Crippen MR) is 116 cm³/mol. The topological polar surface area (TPSA) is 163 Å². The molecule has 172 valence electrons. The van der Waals surface area contributed by atoms with E-state index in [1.165, 1.54) is 11.3 Å². The first-order valence-corrected chi connectivity index (χ1v) is 11.0. The van der Waals surface area contributed by atoms with Crippen molar-refractivity contribution in [2.24, 2.45) is 5.41 Å². The Bertz CT molecular complexity index is 942. The summed E-state index contributed by atoms with van der Waals surface area (Å²) in [6, 6.07) is 3.40. The van der Waals surface area contributed by atoms with Crippen LogP contribution in [0.5, 0.6) is 0 Å². The molecule has 0 bridgehead atoms. The number of nitrogen functional groups attached to an aromatic ring is 1. The number of carbonyl (C=O) groups is 3. The highest BCUT2D eigenvalue weighted by Crippen LogP contribution is 2.39. The largest absolute Gasteiger partial charge is 0.483 e. The summed E-state index contributed by atoms with van der Waals surface area (Å²) in [6.07, 6.45) is 4.89. The molecule has 32 heavy (non-hydrogen) atoms. The zero-order valence-electron chi connectivity index (χ0n) is 17.5. The molecule has 2 aromatic heterocycles. The van der Waals surface area contributed by atoms with E-state index < -0.39 is 11.5 Å². The molecule has 2 fully saturated rings. The molecule has 11 nitrogen and oxygen atoms in total. The van der Waals surface area contributed by atoms with Gasteiger partial charge in [0.05, 0.1) is 12.5 Å². The quantitative estimate of drug-likeness (QED) is 0.543. The number of nitrogens with two attached hydrogens (primary N) is 1. The van der Waals surface area contributed by atoms with E-state index in [0.717, 1.165) is 12.8 Å². The van der Waals surface area contributed by atoms with Gasteiger partial charge in [-0.1, -0.05) is 11.3 Å². The Hall–Kier alpha value is -3.12. The summed E-state index contributed by atoms with van der Waals surface area (Å²) in [6.45, 7) is 1.76. The number of piperidine rings is 2. The van der Waals surface area contributed by atoms with Crippen LogP contribution in [0.1, 0.15) is 34.6 Å². The molecule has 0 aliphatic carbocycles. The third-order valence-electron chi connectivity index (χ3n) is 5.85. The number of amides is 2. The molecule has 2 atom stereocenters. The highest BCUT2D eigenvalue weighted by molar-refractivity contribution is 7.15. The van der Waals surface area contributed by atoms with Gasteiger partial charge in [0.25, 0.3) is 12.4 Å². The molecule has 0 unspecified atom stereocenters. The van der Waals surface area contributed by atoms with Crippen molar-refractivity contribution >= 4 is 34.8 Å². The van der Waals surface area contributed by atoms with Crippen LogP contribution in [0.2, 0.25) is 0 Å². The normalized spacial score (nSPS) is 22.7. The fourth-order valence-corrected chi connectivity index (χ4v) is 4.95. The average Bonchev–Trinajstić information content (AvgIpc) is 3.21. The Balaban J connectivity index is 0.000000913. The van der Waals surface area contributed by atoms with Crippen molar-refractivity contribution in [3.8, 4) is 0 Å². The second-order valence-corrected chi connectivity index (χ2v) is 8.96. The van der Waals surface area contributed by atoms with Crippen LogP contribution in [0.25, 0.3) is 0 Å². The summed E-state index contributed by atoms with van der Waals surface area (Å²) < 4.78 is 0. The molecule has 12 heteroatoms. The molecular formula is C20H26N6O5S. The second-order valence-electron chi connectivity index (χ2n) is 7.86. The first-order chi connectivity index (χ1) is 15.4. The van der Waals surface area contributed by atoms with Gasteiger partial charge in [-0.05, 0) is 31.4 Å².